The number of likely N-dealkylation sites (N-methyl/N-ethyl adjacent to an activating group) is 1. The molecule has 0 unspecified atom stereocenters. The average molecular weight is 509 g/mol. The van der Waals surface area contributed by atoms with Gasteiger partial charge in [-0.1, -0.05) is 13.0 Å². The van der Waals surface area contributed by atoms with Gasteiger partial charge in [0.05, 0.1) is 23.8 Å². The van der Waals surface area contributed by atoms with Gasteiger partial charge in [-0.3, -0.25) is 4.79 Å². The molecule has 0 atom stereocenters. The summed E-state index contributed by atoms with van der Waals surface area (Å²) in [6, 6.07) is 8.15. The lowest BCUT2D eigenvalue weighted by atomic mass is 10.1. The fourth-order valence-corrected chi connectivity index (χ4v) is 6.00. The number of piperazine rings is 1. The predicted octanol–water partition coefficient (Wildman–Crippen LogP) is 3.58. The number of nitrogens with zero attached hydrogens (tertiary/aromatic N) is 5. The molecule has 3 aromatic rings. The highest BCUT2D eigenvalue weighted by Gasteiger charge is 2.20. The third-order valence-electron chi connectivity index (χ3n) is 7.12. The standard InChI is InChI=1S/C27H36N6O2S/c1-3-31-9-11-32(12-10-31)8-4-7-28-27-29-19-20(2)25(30-27)24-17-21-5-6-22(18-23(21)36-24)26(34)33-13-15-35-16-14-33/h5-6,17-19H,3-4,7-16H2,1-2H3,(H,28,29,30). The Morgan fingerprint density at radius 3 is 2.64 bits per heavy atom. The van der Waals surface area contributed by atoms with Crippen LogP contribution < -0.4 is 5.32 Å². The molecule has 9 heteroatoms. The predicted molar refractivity (Wildman–Crippen MR) is 146 cm³/mol. The highest BCUT2D eigenvalue weighted by atomic mass is 32.1. The van der Waals surface area contributed by atoms with Gasteiger partial charge in [-0.05, 0) is 55.6 Å². The molecule has 2 aliphatic heterocycles. The number of anilines is 1. The molecule has 36 heavy (non-hydrogen) atoms. The molecule has 0 bridgehead atoms. The van der Waals surface area contributed by atoms with Crippen LogP contribution in [0.1, 0.15) is 29.3 Å². The van der Waals surface area contributed by atoms with Crippen molar-refractivity contribution in [1.82, 2.24) is 24.7 Å². The van der Waals surface area contributed by atoms with Crippen molar-refractivity contribution in [2.75, 3.05) is 77.4 Å². The number of carbonyl (C=O) groups is 1. The maximum absolute atomic E-state index is 12.9. The minimum Gasteiger partial charge on any atom is -0.378 e. The van der Waals surface area contributed by atoms with Crippen LogP contribution >= 0.6 is 11.3 Å². The van der Waals surface area contributed by atoms with Crippen LogP contribution in [0.2, 0.25) is 0 Å². The van der Waals surface area contributed by atoms with E-state index < -0.39 is 0 Å². The van der Waals surface area contributed by atoms with Crippen molar-refractivity contribution in [3.8, 4) is 10.6 Å². The Kier molecular flexibility index (Phi) is 8.11. The largest absolute Gasteiger partial charge is 0.378 e. The third kappa shape index (κ3) is 5.86. The maximum atomic E-state index is 12.9. The van der Waals surface area contributed by atoms with Crippen LogP contribution in [-0.2, 0) is 4.74 Å². The molecule has 5 rings (SSSR count). The molecule has 0 saturated carbocycles. The Bertz CT molecular complexity index is 1180. The molecule has 1 aromatic carbocycles. The van der Waals surface area contributed by atoms with E-state index in [4.69, 9.17) is 9.72 Å². The minimum absolute atomic E-state index is 0.0760. The van der Waals surface area contributed by atoms with Crippen molar-refractivity contribution in [1.29, 1.82) is 0 Å². The maximum Gasteiger partial charge on any atom is 0.254 e. The van der Waals surface area contributed by atoms with Crippen LogP contribution in [0.25, 0.3) is 20.7 Å². The van der Waals surface area contributed by atoms with Gasteiger partial charge in [-0.15, -0.1) is 11.3 Å². The molecule has 8 nitrogen and oxygen atoms in total. The van der Waals surface area contributed by atoms with E-state index in [2.05, 4.69) is 33.1 Å². The first kappa shape index (κ1) is 25.1. The first-order valence-corrected chi connectivity index (χ1v) is 13.9. The first-order chi connectivity index (χ1) is 17.6. The van der Waals surface area contributed by atoms with Gasteiger partial charge in [0, 0.05) is 62.3 Å². The molecule has 4 heterocycles. The van der Waals surface area contributed by atoms with Crippen molar-refractivity contribution in [2.45, 2.75) is 20.3 Å². The molecule has 2 aromatic heterocycles. The topological polar surface area (TPSA) is 73.8 Å². The molecule has 1 N–H and O–H groups in total. The van der Waals surface area contributed by atoms with E-state index in [1.54, 1.807) is 11.3 Å². The molecular weight excluding hydrogens is 472 g/mol. The Morgan fingerprint density at radius 1 is 1.08 bits per heavy atom. The fraction of sp³-hybridized carbons (Fsp3) is 0.519. The SMILES string of the molecule is CCN1CCN(CCCNc2ncc(C)c(-c3cc4ccc(C(=O)N5CCOCC5)cc4s3)n2)CC1. The quantitative estimate of drug-likeness (QED) is 0.466. The van der Waals surface area contributed by atoms with Crippen LogP contribution in [0.5, 0.6) is 0 Å². The van der Waals surface area contributed by atoms with Gasteiger partial charge in [0.2, 0.25) is 5.95 Å². The van der Waals surface area contributed by atoms with Gasteiger partial charge < -0.3 is 24.8 Å². The van der Waals surface area contributed by atoms with Crippen LogP contribution in [0.3, 0.4) is 0 Å². The summed E-state index contributed by atoms with van der Waals surface area (Å²) >= 11 is 1.68. The summed E-state index contributed by atoms with van der Waals surface area (Å²) in [5, 5.41) is 4.55. The zero-order valence-corrected chi connectivity index (χ0v) is 22.1. The third-order valence-corrected chi connectivity index (χ3v) is 8.22. The molecule has 1 amide bonds. The Hall–Kier alpha value is -2.59. The van der Waals surface area contributed by atoms with Gasteiger partial charge in [0.1, 0.15) is 0 Å². The van der Waals surface area contributed by atoms with Crippen molar-refractivity contribution < 1.29 is 9.53 Å². The Morgan fingerprint density at radius 2 is 1.86 bits per heavy atom. The molecule has 2 saturated heterocycles. The zero-order chi connectivity index (χ0) is 24.9. The molecule has 192 valence electrons. The number of hydrogen-bond donors (Lipinski definition) is 1. The summed E-state index contributed by atoms with van der Waals surface area (Å²) in [6.07, 6.45) is 2.97. The number of aryl methyl sites for hydroxylation is 1. The fourth-order valence-electron chi connectivity index (χ4n) is 4.84. The van der Waals surface area contributed by atoms with Gasteiger partial charge >= 0.3 is 0 Å². The number of hydrogen-bond acceptors (Lipinski definition) is 8. The summed E-state index contributed by atoms with van der Waals surface area (Å²) in [7, 11) is 0. The highest BCUT2D eigenvalue weighted by Crippen LogP contribution is 2.35. The van der Waals surface area contributed by atoms with Crippen LogP contribution in [-0.4, -0.2) is 103 Å². The van der Waals surface area contributed by atoms with E-state index in [1.807, 2.05) is 36.2 Å². The number of fused-ring (bicyclic) bond motifs is 1. The number of aromatic nitrogens is 2. The summed E-state index contributed by atoms with van der Waals surface area (Å²) in [5.74, 6) is 0.749. The first-order valence-electron chi connectivity index (χ1n) is 13.0. The van der Waals surface area contributed by atoms with E-state index >= 15 is 0 Å². The summed E-state index contributed by atoms with van der Waals surface area (Å²) < 4.78 is 6.48. The van der Waals surface area contributed by atoms with E-state index in [-0.39, 0.29) is 5.91 Å². The number of morpholine rings is 1. The lowest BCUT2D eigenvalue weighted by Crippen LogP contribution is -2.46. The molecule has 2 aliphatic rings. The number of thiophene rings is 1. The van der Waals surface area contributed by atoms with Crippen molar-refractivity contribution in [2.24, 2.45) is 0 Å². The monoisotopic (exact) mass is 508 g/mol. The second kappa shape index (κ2) is 11.6. The smallest absolute Gasteiger partial charge is 0.254 e. The summed E-state index contributed by atoms with van der Waals surface area (Å²) in [4.78, 5) is 30.3. The highest BCUT2D eigenvalue weighted by molar-refractivity contribution is 7.22. The van der Waals surface area contributed by atoms with Gasteiger partial charge in [-0.2, -0.15) is 0 Å². The number of carbonyl (C=O) groups excluding carboxylic acids is 1. The normalized spacial score (nSPS) is 17.6. The molecular formula is C27H36N6O2S. The van der Waals surface area contributed by atoms with Gasteiger partial charge in [0.25, 0.3) is 5.91 Å². The van der Waals surface area contributed by atoms with Crippen molar-refractivity contribution in [3.63, 3.8) is 0 Å². The van der Waals surface area contributed by atoms with E-state index in [0.717, 1.165) is 70.9 Å². The lowest BCUT2D eigenvalue weighted by molar-refractivity contribution is 0.0303. The molecule has 2 fully saturated rings. The number of rotatable bonds is 8. The van der Waals surface area contributed by atoms with Crippen LogP contribution in [0.15, 0.2) is 30.5 Å². The number of amides is 1. The van der Waals surface area contributed by atoms with Crippen LogP contribution in [0, 0.1) is 6.92 Å². The second-order valence-electron chi connectivity index (χ2n) is 9.55. The second-order valence-corrected chi connectivity index (χ2v) is 10.6. The average Bonchev–Trinajstić information content (AvgIpc) is 3.35. The van der Waals surface area contributed by atoms with E-state index in [1.165, 1.54) is 13.1 Å². The number of nitrogens with one attached hydrogen (secondary N) is 1. The van der Waals surface area contributed by atoms with Crippen molar-refractivity contribution in [3.05, 3.63) is 41.6 Å². The number of benzene rings is 1. The van der Waals surface area contributed by atoms with Gasteiger partial charge in [-0.25, -0.2) is 9.97 Å². The summed E-state index contributed by atoms with van der Waals surface area (Å²) in [5.41, 5.74) is 2.73. The molecule has 0 aliphatic carbocycles. The summed E-state index contributed by atoms with van der Waals surface area (Å²) in [6.45, 7) is 14.6. The van der Waals surface area contributed by atoms with E-state index in [9.17, 15) is 4.79 Å². The van der Waals surface area contributed by atoms with Gasteiger partial charge in [0.15, 0.2) is 0 Å². The Labute approximate surface area is 217 Å². The zero-order valence-electron chi connectivity index (χ0n) is 21.3. The molecule has 0 radical (unpaired) electrons. The lowest BCUT2D eigenvalue weighted by Gasteiger charge is -2.33. The molecule has 0 spiro atoms. The van der Waals surface area contributed by atoms with E-state index in [0.29, 0.717) is 32.3 Å². The van der Waals surface area contributed by atoms with Crippen LogP contribution in [0.4, 0.5) is 5.95 Å². The van der Waals surface area contributed by atoms with Crippen molar-refractivity contribution >= 4 is 33.3 Å². The minimum atomic E-state index is 0.0760. The Balaban J connectivity index is 1.22. The number of ether oxygens (including phenoxy) is 1.